The predicted molar refractivity (Wildman–Crippen MR) is 70.5 cm³/mol. The highest BCUT2D eigenvalue weighted by atomic mass is 19.1. The van der Waals surface area contributed by atoms with Crippen molar-refractivity contribution < 1.29 is 13.5 Å². The minimum atomic E-state index is -0.482. The molecule has 20 heavy (non-hydrogen) atoms. The summed E-state index contributed by atoms with van der Waals surface area (Å²) in [5.74, 6) is -0.588. The van der Waals surface area contributed by atoms with Crippen LogP contribution < -0.4 is 10.1 Å². The Balaban J connectivity index is 1.74. The molecule has 1 aromatic heterocycles. The quantitative estimate of drug-likeness (QED) is 0.908. The first-order valence-electron chi connectivity index (χ1n) is 6.52. The Morgan fingerprint density at radius 3 is 2.60 bits per heavy atom. The van der Waals surface area contributed by atoms with Crippen LogP contribution in [0, 0.1) is 11.6 Å². The molecule has 1 N–H and O–H groups in total. The molecule has 1 aromatic carbocycles. The summed E-state index contributed by atoms with van der Waals surface area (Å²) < 4.78 is 32.4. The highest BCUT2D eigenvalue weighted by Gasteiger charge is 2.21. The molecule has 3 rings (SSSR count). The van der Waals surface area contributed by atoms with Gasteiger partial charge < -0.3 is 10.1 Å². The van der Waals surface area contributed by atoms with Crippen molar-refractivity contribution >= 4 is 0 Å². The zero-order valence-corrected chi connectivity index (χ0v) is 10.8. The van der Waals surface area contributed by atoms with Crippen LogP contribution in [0.4, 0.5) is 8.78 Å². The van der Waals surface area contributed by atoms with Gasteiger partial charge in [-0.05, 0) is 43.2 Å². The summed E-state index contributed by atoms with van der Waals surface area (Å²) in [5, 5.41) is 3.24. The summed E-state index contributed by atoms with van der Waals surface area (Å²) in [6, 6.07) is 7.51. The second kappa shape index (κ2) is 5.54. The lowest BCUT2D eigenvalue weighted by atomic mass is 10.2. The lowest BCUT2D eigenvalue weighted by Crippen LogP contribution is -2.16. The molecule has 0 radical (unpaired) electrons. The first kappa shape index (κ1) is 13.0. The second-order valence-electron chi connectivity index (χ2n) is 4.80. The van der Waals surface area contributed by atoms with Crippen molar-refractivity contribution in [1.29, 1.82) is 0 Å². The van der Waals surface area contributed by atoms with E-state index in [0.29, 0.717) is 23.9 Å². The number of hydrogen-bond donors (Lipinski definition) is 1. The van der Waals surface area contributed by atoms with Crippen molar-refractivity contribution in [2.45, 2.75) is 25.4 Å². The Kier molecular flexibility index (Phi) is 3.60. The van der Waals surface area contributed by atoms with Crippen LogP contribution in [0.15, 0.2) is 36.5 Å². The van der Waals surface area contributed by atoms with Crippen LogP contribution >= 0.6 is 0 Å². The van der Waals surface area contributed by atoms with E-state index in [2.05, 4.69) is 10.3 Å². The minimum Gasteiger partial charge on any atom is -0.436 e. The van der Waals surface area contributed by atoms with Gasteiger partial charge in [-0.1, -0.05) is 0 Å². The standard InChI is InChI=1S/C15H14F2N2O/c16-11-1-5-13(6-2-11)20-15-14(17)10(7-8-18-15)9-19-12-3-4-12/h1-2,5-8,12,19H,3-4,9H2. The van der Waals surface area contributed by atoms with Gasteiger partial charge in [-0.25, -0.2) is 13.8 Å². The Morgan fingerprint density at radius 2 is 1.90 bits per heavy atom. The van der Waals surface area contributed by atoms with Crippen LogP contribution in [0.5, 0.6) is 11.6 Å². The molecule has 104 valence electrons. The van der Waals surface area contributed by atoms with E-state index in [1.807, 2.05) is 0 Å². The van der Waals surface area contributed by atoms with Gasteiger partial charge in [0.1, 0.15) is 11.6 Å². The summed E-state index contributed by atoms with van der Waals surface area (Å²) in [7, 11) is 0. The van der Waals surface area contributed by atoms with E-state index in [0.717, 1.165) is 12.8 Å². The second-order valence-corrected chi connectivity index (χ2v) is 4.80. The molecular formula is C15H14F2N2O. The maximum Gasteiger partial charge on any atom is 0.256 e. The maximum absolute atomic E-state index is 14.2. The lowest BCUT2D eigenvalue weighted by molar-refractivity contribution is 0.416. The largest absolute Gasteiger partial charge is 0.436 e. The van der Waals surface area contributed by atoms with Gasteiger partial charge in [0.05, 0.1) is 0 Å². The van der Waals surface area contributed by atoms with E-state index in [1.54, 1.807) is 6.07 Å². The average Bonchev–Trinajstić information content (AvgIpc) is 3.26. The van der Waals surface area contributed by atoms with Gasteiger partial charge in [0.25, 0.3) is 5.88 Å². The normalized spacial score (nSPS) is 14.3. The fraction of sp³-hybridized carbons (Fsp3) is 0.267. The molecule has 1 heterocycles. The zero-order valence-electron chi connectivity index (χ0n) is 10.8. The van der Waals surface area contributed by atoms with Crippen molar-refractivity contribution in [2.24, 2.45) is 0 Å². The van der Waals surface area contributed by atoms with Crippen LogP contribution in [-0.2, 0) is 6.54 Å². The fourth-order valence-electron chi connectivity index (χ4n) is 1.83. The molecule has 5 heteroatoms. The van der Waals surface area contributed by atoms with Gasteiger partial charge >= 0.3 is 0 Å². The molecular weight excluding hydrogens is 262 g/mol. The van der Waals surface area contributed by atoms with Gasteiger partial charge in [-0.3, -0.25) is 0 Å². The number of aromatic nitrogens is 1. The molecule has 0 spiro atoms. The highest BCUT2D eigenvalue weighted by molar-refractivity contribution is 5.30. The summed E-state index contributed by atoms with van der Waals surface area (Å²) in [4.78, 5) is 3.88. The molecule has 3 nitrogen and oxygen atoms in total. The number of nitrogens with one attached hydrogen (secondary N) is 1. The molecule has 0 unspecified atom stereocenters. The van der Waals surface area contributed by atoms with Gasteiger partial charge in [0.2, 0.25) is 0 Å². The van der Waals surface area contributed by atoms with Gasteiger partial charge in [0, 0.05) is 24.3 Å². The number of halogens is 2. The molecule has 1 fully saturated rings. The van der Waals surface area contributed by atoms with E-state index in [1.165, 1.54) is 30.5 Å². The third kappa shape index (κ3) is 3.11. The topological polar surface area (TPSA) is 34.1 Å². The number of nitrogens with zero attached hydrogens (tertiary/aromatic N) is 1. The Bertz CT molecular complexity index is 597. The highest BCUT2D eigenvalue weighted by Crippen LogP contribution is 2.25. The zero-order chi connectivity index (χ0) is 13.9. The first-order chi connectivity index (χ1) is 9.72. The number of ether oxygens (including phenoxy) is 1. The van der Waals surface area contributed by atoms with E-state index >= 15 is 0 Å². The van der Waals surface area contributed by atoms with E-state index in [4.69, 9.17) is 4.74 Å². The van der Waals surface area contributed by atoms with Gasteiger partial charge in [-0.15, -0.1) is 0 Å². The molecule has 0 saturated heterocycles. The molecule has 1 aliphatic carbocycles. The predicted octanol–water partition coefficient (Wildman–Crippen LogP) is 3.40. The molecule has 0 bridgehead atoms. The molecule has 0 aliphatic heterocycles. The van der Waals surface area contributed by atoms with Crippen molar-refractivity contribution in [3.63, 3.8) is 0 Å². The van der Waals surface area contributed by atoms with Crippen LogP contribution in [0.3, 0.4) is 0 Å². The Hall–Kier alpha value is -2.01. The van der Waals surface area contributed by atoms with Crippen molar-refractivity contribution in [2.75, 3.05) is 0 Å². The molecule has 1 saturated carbocycles. The number of hydrogen-bond acceptors (Lipinski definition) is 3. The first-order valence-corrected chi connectivity index (χ1v) is 6.52. The third-order valence-corrected chi connectivity index (χ3v) is 3.12. The molecule has 1 aliphatic rings. The monoisotopic (exact) mass is 276 g/mol. The van der Waals surface area contributed by atoms with Crippen LogP contribution in [0.25, 0.3) is 0 Å². The summed E-state index contributed by atoms with van der Waals surface area (Å²) in [6.07, 6.45) is 3.79. The van der Waals surface area contributed by atoms with E-state index in [-0.39, 0.29) is 11.7 Å². The van der Waals surface area contributed by atoms with E-state index < -0.39 is 5.82 Å². The molecule has 0 amide bonds. The maximum atomic E-state index is 14.2. The number of pyridine rings is 1. The van der Waals surface area contributed by atoms with Crippen LogP contribution in [0.2, 0.25) is 0 Å². The van der Waals surface area contributed by atoms with Crippen molar-refractivity contribution in [1.82, 2.24) is 10.3 Å². The minimum absolute atomic E-state index is 0.0910. The molecule has 2 aromatic rings. The number of rotatable bonds is 5. The van der Waals surface area contributed by atoms with E-state index in [9.17, 15) is 8.78 Å². The lowest BCUT2D eigenvalue weighted by Gasteiger charge is -2.09. The Morgan fingerprint density at radius 1 is 1.15 bits per heavy atom. The smallest absolute Gasteiger partial charge is 0.256 e. The fourth-order valence-corrected chi connectivity index (χ4v) is 1.83. The van der Waals surface area contributed by atoms with Gasteiger partial charge in [0.15, 0.2) is 5.82 Å². The number of benzene rings is 1. The summed E-state index contributed by atoms with van der Waals surface area (Å²) in [6.45, 7) is 0.457. The van der Waals surface area contributed by atoms with Crippen molar-refractivity contribution in [3.8, 4) is 11.6 Å². The van der Waals surface area contributed by atoms with Crippen molar-refractivity contribution in [3.05, 3.63) is 53.7 Å². The van der Waals surface area contributed by atoms with Gasteiger partial charge in [-0.2, -0.15) is 0 Å². The average molecular weight is 276 g/mol. The van der Waals surface area contributed by atoms with Crippen LogP contribution in [0.1, 0.15) is 18.4 Å². The summed E-state index contributed by atoms with van der Waals surface area (Å²) in [5.41, 5.74) is 0.518. The molecule has 0 atom stereocenters. The third-order valence-electron chi connectivity index (χ3n) is 3.12. The SMILES string of the molecule is Fc1ccc(Oc2nccc(CNC3CC3)c2F)cc1. The van der Waals surface area contributed by atoms with Crippen LogP contribution in [-0.4, -0.2) is 11.0 Å². The summed E-state index contributed by atoms with van der Waals surface area (Å²) >= 11 is 0. The Labute approximate surface area is 115 Å².